The van der Waals surface area contributed by atoms with Crippen LogP contribution in [0.1, 0.15) is 19.8 Å². The molecule has 0 radical (unpaired) electrons. The Morgan fingerprint density at radius 1 is 1.48 bits per heavy atom. The Bertz CT molecular complexity index is 469. The Hall–Kier alpha value is -1.40. The fourth-order valence-electron chi connectivity index (χ4n) is 2.47. The maximum absolute atomic E-state index is 12.2. The van der Waals surface area contributed by atoms with E-state index in [1.165, 1.54) is 0 Å². The molecule has 0 spiro atoms. The van der Waals surface area contributed by atoms with Gasteiger partial charge in [-0.15, -0.1) is 0 Å². The molecule has 1 aromatic rings. The molecule has 1 saturated heterocycles. The van der Waals surface area contributed by atoms with Gasteiger partial charge in [0.05, 0.1) is 29.9 Å². The molecule has 6 nitrogen and oxygen atoms in total. The molecule has 0 unspecified atom stereocenters. The van der Waals surface area contributed by atoms with Gasteiger partial charge < -0.3 is 15.0 Å². The molecule has 0 aliphatic carbocycles. The number of nitrogens with zero attached hydrogens (tertiary/aromatic N) is 3. The number of carbonyl (C=O) groups excluding carboxylic acids is 1. The van der Waals surface area contributed by atoms with E-state index in [9.17, 15) is 4.79 Å². The molecule has 1 N–H and O–H groups in total. The van der Waals surface area contributed by atoms with E-state index in [0.717, 1.165) is 12.8 Å². The van der Waals surface area contributed by atoms with Crippen molar-refractivity contribution in [3.63, 3.8) is 0 Å². The summed E-state index contributed by atoms with van der Waals surface area (Å²) >= 11 is 5.82. The minimum atomic E-state index is -0.0441. The van der Waals surface area contributed by atoms with E-state index >= 15 is 0 Å². The molecule has 0 saturated carbocycles. The lowest BCUT2D eigenvalue weighted by molar-refractivity contribution is -0.125. The van der Waals surface area contributed by atoms with Gasteiger partial charge in [-0.3, -0.25) is 4.79 Å². The van der Waals surface area contributed by atoms with Crippen LogP contribution in [-0.4, -0.2) is 48.7 Å². The van der Waals surface area contributed by atoms with Crippen molar-refractivity contribution < 1.29 is 9.53 Å². The first-order valence-electron chi connectivity index (χ1n) is 7.12. The number of amides is 1. The number of carbonyl (C=O) groups is 1. The van der Waals surface area contributed by atoms with Gasteiger partial charge in [-0.2, -0.15) is 0 Å². The fraction of sp³-hybridized carbons (Fsp3) is 0.643. The topological polar surface area (TPSA) is 67.3 Å². The van der Waals surface area contributed by atoms with Crippen LogP contribution in [0.3, 0.4) is 0 Å². The predicted octanol–water partition coefficient (Wildman–Crippen LogP) is 1.50. The van der Waals surface area contributed by atoms with Gasteiger partial charge in [-0.1, -0.05) is 11.6 Å². The summed E-state index contributed by atoms with van der Waals surface area (Å²) in [4.78, 5) is 22.7. The zero-order valence-electron chi connectivity index (χ0n) is 12.4. The van der Waals surface area contributed by atoms with Crippen molar-refractivity contribution >= 4 is 23.5 Å². The molecule has 1 fully saturated rings. The lowest BCUT2D eigenvalue weighted by Crippen LogP contribution is -2.48. The average molecular weight is 313 g/mol. The van der Waals surface area contributed by atoms with Gasteiger partial charge in [0.25, 0.3) is 0 Å². The van der Waals surface area contributed by atoms with Crippen molar-refractivity contribution in [3.8, 4) is 0 Å². The van der Waals surface area contributed by atoms with Gasteiger partial charge in [0, 0.05) is 26.2 Å². The van der Waals surface area contributed by atoms with Gasteiger partial charge in [-0.05, 0) is 19.8 Å². The average Bonchev–Trinajstić information content (AvgIpc) is 2.49. The van der Waals surface area contributed by atoms with Crippen LogP contribution in [0.5, 0.6) is 0 Å². The zero-order chi connectivity index (χ0) is 15.2. The number of anilines is 1. The number of methoxy groups -OCH3 is 1. The van der Waals surface area contributed by atoms with Gasteiger partial charge in [-0.25, -0.2) is 9.97 Å². The van der Waals surface area contributed by atoms with Crippen molar-refractivity contribution in [2.75, 3.05) is 31.7 Å². The Kier molecular flexibility index (Phi) is 5.76. The van der Waals surface area contributed by atoms with Crippen LogP contribution in [-0.2, 0) is 9.53 Å². The van der Waals surface area contributed by atoms with Gasteiger partial charge in [0.2, 0.25) is 11.9 Å². The van der Waals surface area contributed by atoms with Crippen molar-refractivity contribution in [2.24, 2.45) is 5.92 Å². The monoisotopic (exact) mass is 312 g/mol. The second kappa shape index (κ2) is 7.56. The number of hydrogen-bond donors (Lipinski definition) is 1. The van der Waals surface area contributed by atoms with E-state index in [-0.39, 0.29) is 11.8 Å². The van der Waals surface area contributed by atoms with E-state index < -0.39 is 0 Å². The maximum atomic E-state index is 12.2. The maximum Gasteiger partial charge on any atom is 0.225 e. The largest absolute Gasteiger partial charge is 0.383 e. The fourth-order valence-corrected chi connectivity index (χ4v) is 2.57. The van der Waals surface area contributed by atoms with E-state index in [1.54, 1.807) is 19.5 Å². The van der Waals surface area contributed by atoms with Crippen LogP contribution in [0, 0.1) is 5.92 Å². The van der Waals surface area contributed by atoms with Gasteiger partial charge >= 0.3 is 0 Å². The van der Waals surface area contributed by atoms with E-state index in [4.69, 9.17) is 16.3 Å². The summed E-state index contributed by atoms with van der Waals surface area (Å²) in [6.45, 7) is 3.82. The molecule has 1 aliphatic heterocycles. The highest BCUT2D eigenvalue weighted by molar-refractivity contribution is 6.30. The van der Waals surface area contributed by atoms with Crippen molar-refractivity contribution in [2.45, 2.75) is 25.8 Å². The van der Waals surface area contributed by atoms with Crippen molar-refractivity contribution in [3.05, 3.63) is 17.4 Å². The third-order valence-corrected chi connectivity index (χ3v) is 3.92. The van der Waals surface area contributed by atoms with Gasteiger partial charge in [0.15, 0.2) is 0 Å². The van der Waals surface area contributed by atoms with Crippen LogP contribution < -0.4 is 10.2 Å². The molecular weight excluding hydrogens is 292 g/mol. The van der Waals surface area contributed by atoms with Crippen LogP contribution in [0.2, 0.25) is 5.02 Å². The first kappa shape index (κ1) is 16.0. The normalized spacial score (nSPS) is 22.1. The smallest absolute Gasteiger partial charge is 0.225 e. The summed E-state index contributed by atoms with van der Waals surface area (Å²) in [5.41, 5.74) is 0. The number of nitrogens with one attached hydrogen (secondary N) is 1. The molecule has 2 rings (SSSR count). The van der Waals surface area contributed by atoms with Crippen LogP contribution in [0.15, 0.2) is 12.4 Å². The number of hydrogen-bond acceptors (Lipinski definition) is 5. The molecular formula is C14H21ClN4O2. The summed E-state index contributed by atoms with van der Waals surface area (Å²) in [6, 6.07) is 0.314. The molecule has 0 bridgehead atoms. The molecule has 1 aromatic heterocycles. The molecule has 2 atom stereocenters. The van der Waals surface area contributed by atoms with Gasteiger partial charge in [0.1, 0.15) is 0 Å². The molecule has 116 valence electrons. The Morgan fingerprint density at radius 2 is 2.19 bits per heavy atom. The predicted molar refractivity (Wildman–Crippen MR) is 81.5 cm³/mol. The molecule has 7 heteroatoms. The quantitative estimate of drug-likeness (QED) is 0.835. The highest BCUT2D eigenvalue weighted by atomic mass is 35.5. The third-order valence-electron chi connectivity index (χ3n) is 3.72. The highest BCUT2D eigenvalue weighted by Crippen LogP contribution is 2.25. The second-order valence-corrected chi connectivity index (χ2v) is 5.70. The SMILES string of the molecule is COCCNC(=O)[C@@H]1CC[C@H](C)N(c2ncc(Cl)cn2)C1. The van der Waals surface area contributed by atoms with Crippen molar-refractivity contribution in [1.29, 1.82) is 0 Å². The Labute approximate surface area is 129 Å². The Balaban J connectivity index is 1.98. The summed E-state index contributed by atoms with van der Waals surface area (Å²) < 4.78 is 4.94. The number of ether oxygens (including phenoxy) is 1. The van der Waals surface area contributed by atoms with E-state index in [0.29, 0.717) is 36.7 Å². The summed E-state index contributed by atoms with van der Waals surface area (Å²) in [5.74, 6) is 0.650. The lowest BCUT2D eigenvalue weighted by Gasteiger charge is -2.37. The minimum Gasteiger partial charge on any atom is -0.383 e. The summed E-state index contributed by atoms with van der Waals surface area (Å²) in [6.07, 6.45) is 4.98. The van der Waals surface area contributed by atoms with Crippen LogP contribution in [0.4, 0.5) is 5.95 Å². The van der Waals surface area contributed by atoms with E-state index in [2.05, 4.69) is 27.1 Å². The molecule has 0 aromatic carbocycles. The second-order valence-electron chi connectivity index (χ2n) is 5.26. The van der Waals surface area contributed by atoms with Crippen LogP contribution in [0.25, 0.3) is 0 Å². The zero-order valence-corrected chi connectivity index (χ0v) is 13.1. The summed E-state index contributed by atoms with van der Waals surface area (Å²) in [5, 5.41) is 3.41. The van der Waals surface area contributed by atoms with Crippen LogP contribution >= 0.6 is 11.6 Å². The molecule has 21 heavy (non-hydrogen) atoms. The van der Waals surface area contributed by atoms with E-state index in [1.807, 2.05) is 0 Å². The first-order valence-corrected chi connectivity index (χ1v) is 7.50. The number of halogens is 1. The first-order chi connectivity index (χ1) is 10.1. The molecule has 1 amide bonds. The number of rotatable bonds is 5. The number of piperidine rings is 1. The molecule has 2 heterocycles. The van der Waals surface area contributed by atoms with Crippen molar-refractivity contribution in [1.82, 2.24) is 15.3 Å². The lowest BCUT2D eigenvalue weighted by atomic mass is 9.93. The number of aromatic nitrogens is 2. The molecule has 1 aliphatic rings. The highest BCUT2D eigenvalue weighted by Gasteiger charge is 2.31. The minimum absolute atomic E-state index is 0.0441. The summed E-state index contributed by atoms with van der Waals surface area (Å²) in [7, 11) is 1.62. The Morgan fingerprint density at radius 3 is 2.86 bits per heavy atom. The third kappa shape index (κ3) is 4.28. The standard InChI is InChI=1S/C14H21ClN4O2/c1-10-3-4-11(13(20)16-5-6-21-2)9-19(10)14-17-7-12(15)8-18-14/h7-8,10-11H,3-6,9H2,1-2H3,(H,16,20)/t10-,11+/m0/s1.